The van der Waals surface area contributed by atoms with Crippen molar-refractivity contribution in [3.05, 3.63) is 0 Å². The molecule has 0 aliphatic carbocycles. The standard InChI is InChI=1S/C13H26N2O/c1-5-13(6-2,9-14)12(16)15-8-10(3)7-11(15)4/h10-11H,5-9,14H2,1-4H3. The van der Waals surface area contributed by atoms with Gasteiger partial charge in [0.25, 0.3) is 0 Å². The van der Waals surface area contributed by atoms with Gasteiger partial charge in [0, 0.05) is 19.1 Å². The van der Waals surface area contributed by atoms with E-state index in [-0.39, 0.29) is 11.3 Å². The summed E-state index contributed by atoms with van der Waals surface area (Å²) in [6.07, 6.45) is 2.81. The van der Waals surface area contributed by atoms with Gasteiger partial charge < -0.3 is 10.6 Å². The van der Waals surface area contributed by atoms with Crippen LogP contribution in [0.5, 0.6) is 0 Å². The normalized spacial score (nSPS) is 26.2. The van der Waals surface area contributed by atoms with Crippen molar-refractivity contribution in [1.29, 1.82) is 0 Å². The third-order valence-electron chi connectivity index (χ3n) is 4.24. The van der Waals surface area contributed by atoms with Crippen LogP contribution in [0.2, 0.25) is 0 Å². The minimum atomic E-state index is -0.321. The van der Waals surface area contributed by atoms with Crippen molar-refractivity contribution in [2.24, 2.45) is 17.1 Å². The average molecular weight is 226 g/mol. The molecule has 0 bridgehead atoms. The lowest BCUT2D eigenvalue weighted by molar-refractivity contribution is -0.142. The van der Waals surface area contributed by atoms with Gasteiger partial charge in [0.1, 0.15) is 0 Å². The number of hydrogen-bond donors (Lipinski definition) is 1. The van der Waals surface area contributed by atoms with E-state index in [0.717, 1.165) is 25.8 Å². The highest BCUT2D eigenvalue weighted by Gasteiger charge is 2.41. The largest absolute Gasteiger partial charge is 0.339 e. The maximum Gasteiger partial charge on any atom is 0.230 e. The SMILES string of the molecule is CCC(CC)(CN)C(=O)N1CC(C)CC1C. The predicted molar refractivity (Wildman–Crippen MR) is 67.0 cm³/mol. The first-order valence-electron chi connectivity index (χ1n) is 6.51. The lowest BCUT2D eigenvalue weighted by Gasteiger charge is -2.35. The van der Waals surface area contributed by atoms with Crippen LogP contribution >= 0.6 is 0 Å². The van der Waals surface area contributed by atoms with Crippen molar-refractivity contribution in [3.63, 3.8) is 0 Å². The molecule has 3 heteroatoms. The Hall–Kier alpha value is -0.570. The van der Waals surface area contributed by atoms with Gasteiger partial charge >= 0.3 is 0 Å². The molecule has 0 radical (unpaired) electrons. The highest BCUT2D eigenvalue weighted by Crippen LogP contribution is 2.32. The first-order chi connectivity index (χ1) is 7.50. The summed E-state index contributed by atoms with van der Waals surface area (Å²) in [5, 5.41) is 0. The van der Waals surface area contributed by atoms with Gasteiger partial charge in [-0.15, -0.1) is 0 Å². The van der Waals surface area contributed by atoms with Gasteiger partial charge in [0.2, 0.25) is 5.91 Å². The second kappa shape index (κ2) is 5.17. The topological polar surface area (TPSA) is 46.3 Å². The smallest absolute Gasteiger partial charge is 0.230 e. The van der Waals surface area contributed by atoms with Crippen LogP contribution in [0.4, 0.5) is 0 Å². The molecule has 0 aromatic carbocycles. The van der Waals surface area contributed by atoms with Gasteiger partial charge in [-0.2, -0.15) is 0 Å². The molecule has 1 fully saturated rings. The highest BCUT2D eigenvalue weighted by atomic mass is 16.2. The Morgan fingerprint density at radius 2 is 1.94 bits per heavy atom. The van der Waals surface area contributed by atoms with Gasteiger partial charge in [-0.1, -0.05) is 20.8 Å². The molecular formula is C13H26N2O. The molecule has 1 heterocycles. The van der Waals surface area contributed by atoms with Crippen molar-refractivity contribution in [2.45, 2.75) is 53.0 Å². The zero-order chi connectivity index (χ0) is 12.3. The van der Waals surface area contributed by atoms with Gasteiger partial charge in [-0.3, -0.25) is 4.79 Å². The molecule has 3 nitrogen and oxygen atoms in total. The second-order valence-corrected chi connectivity index (χ2v) is 5.34. The van der Waals surface area contributed by atoms with Crippen molar-refractivity contribution in [1.82, 2.24) is 4.90 Å². The Morgan fingerprint density at radius 1 is 1.38 bits per heavy atom. The first kappa shape index (κ1) is 13.5. The summed E-state index contributed by atoms with van der Waals surface area (Å²) in [5.74, 6) is 0.903. The van der Waals surface area contributed by atoms with Crippen molar-refractivity contribution in [2.75, 3.05) is 13.1 Å². The Kier molecular flexibility index (Phi) is 4.36. The van der Waals surface area contributed by atoms with Gasteiger partial charge in [0.15, 0.2) is 0 Å². The summed E-state index contributed by atoms with van der Waals surface area (Å²) >= 11 is 0. The molecule has 0 aromatic heterocycles. The van der Waals surface area contributed by atoms with E-state index < -0.39 is 0 Å². The summed E-state index contributed by atoms with van der Waals surface area (Å²) in [4.78, 5) is 14.6. The van der Waals surface area contributed by atoms with E-state index in [4.69, 9.17) is 5.73 Å². The van der Waals surface area contributed by atoms with Crippen LogP contribution in [-0.2, 0) is 4.79 Å². The van der Waals surface area contributed by atoms with Crippen molar-refractivity contribution >= 4 is 5.91 Å². The molecule has 1 saturated heterocycles. The van der Waals surface area contributed by atoms with E-state index in [2.05, 4.69) is 27.7 Å². The van der Waals surface area contributed by atoms with Crippen LogP contribution in [0.1, 0.15) is 47.0 Å². The molecule has 1 aliphatic heterocycles. The number of nitrogens with zero attached hydrogens (tertiary/aromatic N) is 1. The number of likely N-dealkylation sites (tertiary alicyclic amines) is 1. The van der Waals surface area contributed by atoms with Crippen LogP contribution in [0, 0.1) is 11.3 Å². The molecule has 2 unspecified atom stereocenters. The van der Waals surface area contributed by atoms with E-state index >= 15 is 0 Å². The van der Waals surface area contributed by atoms with E-state index in [9.17, 15) is 4.79 Å². The lowest BCUT2D eigenvalue weighted by atomic mass is 9.81. The van der Waals surface area contributed by atoms with Gasteiger partial charge in [-0.05, 0) is 32.1 Å². The van der Waals surface area contributed by atoms with E-state index in [1.165, 1.54) is 0 Å². The summed E-state index contributed by atoms with van der Waals surface area (Å²) < 4.78 is 0. The number of nitrogens with two attached hydrogens (primary N) is 1. The Morgan fingerprint density at radius 3 is 2.25 bits per heavy atom. The molecular weight excluding hydrogens is 200 g/mol. The fraction of sp³-hybridized carbons (Fsp3) is 0.923. The maximum absolute atomic E-state index is 12.6. The Labute approximate surface area is 99.4 Å². The van der Waals surface area contributed by atoms with Crippen LogP contribution in [0.3, 0.4) is 0 Å². The summed E-state index contributed by atoms with van der Waals surface area (Å²) in [6, 6.07) is 0.381. The molecule has 2 N–H and O–H groups in total. The number of carbonyl (C=O) groups excluding carboxylic acids is 1. The average Bonchev–Trinajstić information content (AvgIpc) is 2.61. The summed E-state index contributed by atoms with van der Waals surface area (Å²) in [6.45, 7) is 9.87. The minimum Gasteiger partial charge on any atom is -0.339 e. The molecule has 2 atom stereocenters. The molecule has 0 aromatic rings. The van der Waals surface area contributed by atoms with Crippen molar-refractivity contribution < 1.29 is 4.79 Å². The molecule has 16 heavy (non-hydrogen) atoms. The number of amides is 1. The molecule has 1 rings (SSSR count). The first-order valence-corrected chi connectivity index (χ1v) is 6.51. The van der Waals surface area contributed by atoms with E-state index in [1.807, 2.05) is 4.90 Å². The number of hydrogen-bond acceptors (Lipinski definition) is 2. The Bertz CT molecular complexity index is 240. The Balaban J connectivity index is 2.83. The van der Waals surface area contributed by atoms with Gasteiger partial charge in [-0.25, -0.2) is 0 Å². The minimum absolute atomic E-state index is 0.275. The lowest BCUT2D eigenvalue weighted by Crippen LogP contribution is -2.48. The zero-order valence-electron chi connectivity index (χ0n) is 11.1. The fourth-order valence-corrected chi connectivity index (χ4v) is 2.82. The monoisotopic (exact) mass is 226 g/mol. The summed E-state index contributed by atoms with van der Waals surface area (Å²) in [5.41, 5.74) is 5.51. The third kappa shape index (κ3) is 2.24. The van der Waals surface area contributed by atoms with Crippen LogP contribution in [0.15, 0.2) is 0 Å². The molecule has 0 saturated carbocycles. The molecule has 94 valence electrons. The van der Waals surface area contributed by atoms with Gasteiger partial charge in [0.05, 0.1) is 5.41 Å². The quantitative estimate of drug-likeness (QED) is 0.797. The van der Waals surface area contributed by atoms with E-state index in [1.54, 1.807) is 0 Å². The maximum atomic E-state index is 12.6. The fourth-order valence-electron chi connectivity index (χ4n) is 2.82. The summed E-state index contributed by atoms with van der Waals surface area (Å²) in [7, 11) is 0. The van der Waals surface area contributed by atoms with Crippen LogP contribution in [0.25, 0.3) is 0 Å². The zero-order valence-corrected chi connectivity index (χ0v) is 11.1. The number of rotatable bonds is 4. The third-order valence-corrected chi connectivity index (χ3v) is 4.24. The molecule has 1 amide bonds. The highest BCUT2D eigenvalue weighted by molar-refractivity contribution is 5.83. The second-order valence-electron chi connectivity index (χ2n) is 5.34. The molecule has 0 spiro atoms. The molecule has 1 aliphatic rings. The van der Waals surface area contributed by atoms with Crippen LogP contribution in [-0.4, -0.2) is 29.9 Å². The van der Waals surface area contributed by atoms with E-state index in [0.29, 0.717) is 18.5 Å². The number of carbonyl (C=O) groups is 1. The predicted octanol–water partition coefficient (Wildman–Crippen LogP) is 2.01. The van der Waals surface area contributed by atoms with Crippen molar-refractivity contribution in [3.8, 4) is 0 Å². The van der Waals surface area contributed by atoms with Crippen LogP contribution < -0.4 is 5.73 Å².